The van der Waals surface area contributed by atoms with Crippen LogP contribution in [0.15, 0.2) is 72.3 Å². The fourth-order valence-corrected chi connectivity index (χ4v) is 3.88. The summed E-state index contributed by atoms with van der Waals surface area (Å²) in [5.41, 5.74) is 1.99. The number of benzene rings is 3. The Labute approximate surface area is 190 Å². The van der Waals surface area contributed by atoms with Gasteiger partial charge >= 0.3 is 7.82 Å². The van der Waals surface area contributed by atoms with Gasteiger partial charge in [-0.1, -0.05) is 24.3 Å². The van der Waals surface area contributed by atoms with E-state index in [2.05, 4.69) is 4.52 Å². The van der Waals surface area contributed by atoms with Crippen molar-refractivity contribution >= 4 is 19.7 Å². The first-order valence-corrected chi connectivity index (χ1v) is 11.4. The summed E-state index contributed by atoms with van der Waals surface area (Å²) in [4.78, 5) is 31.7. The summed E-state index contributed by atoms with van der Waals surface area (Å²) in [5, 5.41) is 0. The molecule has 4 rings (SSSR count). The molecule has 2 N–H and O–H groups in total. The molecule has 3 aromatic rings. The first-order chi connectivity index (χ1) is 15.8. The normalized spacial score (nSPS) is 16.7. The summed E-state index contributed by atoms with van der Waals surface area (Å²) in [5.74, 6) is 1.15. The summed E-state index contributed by atoms with van der Waals surface area (Å²) in [6.45, 7) is 0. The lowest BCUT2D eigenvalue weighted by Crippen LogP contribution is -2.24. The second-order valence-electron chi connectivity index (χ2n) is 7.21. The predicted molar refractivity (Wildman–Crippen MR) is 121 cm³/mol. The van der Waals surface area contributed by atoms with Crippen LogP contribution < -0.4 is 18.7 Å². The Hall–Kier alpha value is -3.58. The number of fused-ring (bicyclic) bond motifs is 1. The monoisotopic (exact) mass is 468 g/mol. The SMILES string of the molecule is COc1ccc(/C=C2/C(=O)c3cc(OP(=O)(O)O)ccc3OC2c2ccc(OC)cc2)cc1. The Bertz CT molecular complexity index is 1240. The molecule has 0 aliphatic carbocycles. The molecule has 0 radical (unpaired) electrons. The van der Waals surface area contributed by atoms with Gasteiger partial charge in [0.15, 0.2) is 11.9 Å². The van der Waals surface area contributed by atoms with E-state index in [9.17, 15) is 9.36 Å². The summed E-state index contributed by atoms with van der Waals surface area (Å²) >= 11 is 0. The van der Waals surface area contributed by atoms with Gasteiger partial charge in [-0.05, 0) is 59.7 Å². The molecule has 1 aliphatic heterocycles. The van der Waals surface area contributed by atoms with Crippen LogP contribution in [0.2, 0.25) is 0 Å². The molecule has 0 spiro atoms. The van der Waals surface area contributed by atoms with Crippen molar-refractivity contribution in [2.75, 3.05) is 14.2 Å². The lowest BCUT2D eigenvalue weighted by atomic mass is 9.89. The van der Waals surface area contributed by atoms with Crippen molar-refractivity contribution in [1.29, 1.82) is 0 Å². The molecular formula is C24H21O8P. The molecule has 0 aromatic heterocycles. The number of phosphoric acid groups is 1. The fourth-order valence-electron chi connectivity index (χ4n) is 3.50. The van der Waals surface area contributed by atoms with Crippen LogP contribution in [0, 0.1) is 0 Å². The second-order valence-corrected chi connectivity index (χ2v) is 8.38. The Kier molecular flexibility index (Phi) is 6.24. The molecule has 33 heavy (non-hydrogen) atoms. The van der Waals surface area contributed by atoms with Crippen LogP contribution in [0.5, 0.6) is 23.0 Å². The number of hydrogen-bond donors (Lipinski definition) is 2. The maximum atomic E-state index is 13.5. The molecule has 1 heterocycles. The highest BCUT2D eigenvalue weighted by Gasteiger charge is 2.34. The van der Waals surface area contributed by atoms with Gasteiger partial charge in [-0.15, -0.1) is 0 Å². The fraction of sp³-hybridized carbons (Fsp3) is 0.125. The number of ketones is 1. The number of phosphoric ester groups is 1. The zero-order valence-corrected chi connectivity index (χ0v) is 18.7. The van der Waals surface area contributed by atoms with Gasteiger partial charge in [-0.3, -0.25) is 14.6 Å². The molecule has 0 saturated heterocycles. The summed E-state index contributed by atoms with van der Waals surface area (Å²) in [6.07, 6.45) is 1.02. The third-order valence-electron chi connectivity index (χ3n) is 5.07. The minimum Gasteiger partial charge on any atom is -0.497 e. The standard InChI is InChI=1S/C24H21O8P/c1-29-17-7-3-15(4-8-17)13-21-23(25)20-14-19(32-33(26,27)28)11-12-22(20)31-24(21)16-5-9-18(30-2)10-6-16/h3-14,24H,1-2H3,(H2,26,27,28)/b21-13-. The number of Topliss-reactive ketones (excluding diaryl/α,β-unsaturated/α-hetero) is 1. The van der Waals surface area contributed by atoms with Gasteiger partial charge in [-0.25, -0.2) is 4.57 Å². The lowest BCUT2D eigenvalue weighted by molar-refractivity contribution is 0.0962. The largest absolute Gasteiger partial charge is 0.524 e. The number of carbonyl (C=O) groups is 1. The van der Waals surface area contributed by atoms with Crippen LogP contribution in [0.4, 0.5) is 0 Å². The van der Waals surface area contributed by atoms with E-state index in [1.165, 1.54) is 18.2 Å². The smallest absolute Gasteiger partial charge is 0.497 e. The molecule has 0 bridgehead atoms. The number of methoxy groups -OCH3 is 2. The molecule has 0 fully saturated rings. The molecule has 0 amide bonds. The highest BCUT2D eigenvalue weighted by molar-refractivity contribution is 7.46. The molecule has 1 unspecified atom stereocenters. The number of ether oxygens (including phenoxy) is 3. The third-order valence-corrected chi connectivity index (χ3v) is 5.51. The highest BCUT2D eigenvalue weighted by atomic mass is 31.2. The molecule has 170 valence electrons. The van der Waals surface area contributed by atoms with Crippen molar-refractivity contribution in [1.82, 2.24) is 0 Å². The minimum absolute atomic E-state index is 0.134. The van der Waals surface area contributed by atoms with Gasteiger partial charge in [0.1, 0.15) is 23.0 Å². The number of carbonyl (C=O) groups excluding carboxylic acids is 1. The average Bonchev–Trinajstić information content (AvgIpc) is 2.80. The van der Waals surface area contributed by atoms with E-state index >= 15 is 0 Å². The summed E-state index contributed by atoms with van der Waals surface area (Å²) in [6, 6.07) is 18.4. The van der Waals surface area contributed by atoms with Gasteiger partial charge in [-0.2, -0.15) is 0 Å². The maximum Gasteiger partial charge on any atom is 0.524 e. The van der Waals surface area contributed by atoms with Crippen molar-refractivity contribution in [3.05, 3.63) is 89.0 Å². The molecule has 0 saturated carbocycles. The van der Waals surface area contributed by atoms with E-state index in [4.69, 9.17) is 24.0 Å². The molecule has 9 heteroatoms. The van der Waals surface area contributed by atoms with E-state index in [-0.39, 0.29) is 22.8 Å². The van der Waals surface area contributed by atoms with Crippen LogP contribution >= 0.6 is 7.82 Å². The quantitative estimate of drug-likeness (QED) is 0.400. The average molecular weight is 468 g/mol. The zero-order valence-electron chi connectivity index (χ0n) is 17.8. The van der Waals surface area contributed by atoms with Crippen molar-refractivity contribution in [2.45, 2.75) is 6.10 Å². The van der Waals surface area contributed by atoms with Gasteiger partial charge < -0.3 is 18.7 Å². The Morgan fingerprint density at radius 2 is 1.45 bits per heavy atom. The molecule has 3 aromatic carbocycles. The van der Waals surface area contributed by atoms with Crippen LogP contribution in [-0.4, -0.2) is 29.8 Å². The Balaban J connectivity index is 1.80. The van der Waals surface area contributed by atoms with E-state index in [0.29, 0.717) is 17.1 Å². The van der Waals surface area contributed by atoms with Crippen molar-refractivity contribution in [3.8, 4) is 23.0 Å². The minimum atomic E-state index is -4.78. The van der Waals surface area contributed by atoms with Crippen molar-refractivity contribution < 1.29 is 37.9 Å². The van der Waals surface area contributed by atoms with E-state index in [1.54, 1.807) is 44.6 Å². The van der Waals surface area contributed by atoms with Crippen molar-refractivity contribution in [2.24, 2.45) is 0 Å². The first kappa shape index (κ1) is 22.6. The van der Waals surface area contributed by atoms with E-state index in [0.717, 1.165) is 11.1 Å². The van der Waals surface area contributed by atoms with Gasteiger partial charge in [0.05, 0.1) is 19.8 Å². The molecule has 8 nitrogen and oxygen atoms in total. The molecule has 1 aliphatic rings. The van der Waals surface area contributed by atoms with Crippen LogP contribution in [0.1, 0.15) is 27.6 Å². The number of rotatable bonds is 6. The molecular weight excluding hydrogens is 447 g/mol. The first-order valence-electron chi connectivity index (χ1n) is 9.87. The summed E-state index contributed by atoms with van der Waals surface area (Å²) < 4.78 is 32.4. The van der Waals surface area contributed by atoms with Crippen LogP contribution in [-0.2, 0) is 4.57 Å². The van der Waals surface area contributed by atoms with Crippen molar-refractivity contribution in [3.63, 3.8) is 0 Å². The highest BCUT2D eigenvalue weighted by Crippen LogP contribution is 2.43. The predicted octanol–water partition coefficient (Wildman–Crippen LogP) is 4.58. The maximum absolute atomic E-state index is 13.5. The Morgan fingerprint density at radius 1 is 0.879 bits per heavy atom. The summed E-state index contributed by atoms with van der Waals surface area (Å²) in [7, 11) is -1.64. The number of hydrogen-bond acceptors (Lipinski definition) is 6. The third kappa shape index (κ3) is 5.09. The second kappa shape index (κ2) is 9.11. The van der Waals surface area contributed by atoms with E-state index < -0.39 is 13.9 Å². The van der Waals surface area contributed by atoms with Crippen LogP contribution in [0.25, 0.3) is 6.08 Å². The van der Waals surface area contributed by atoms with Gasteiger partial charge in [0, 0.05) is 5.57 Å². The van der Waals surface area contributed by atoms with Gasteiger partial charge in [0.25, 0.3) is 0 Å². The topological polar surface area (TPSA) is 112 Å². The Morgan fingerprint density at radius 3 is 2.03 bits per heavy atom. The van der Waals surface area contributed by atoms with E-state index in [1.807, 2.05) is 24.3 Å². The lowest BCUT2D eigenvalue weighted by Gasteiger charge is -2.28. The molecule has 1 atom stereocenters. The van der Waals surface area contributed by atoms with Crippen LogP contribution in [0.3, 0.4) is 0 Å². The van der Waals surface area contributed by atoms with Gasteiger partial charge in [0.2, 0.25) is 0 Å². The zero-order chi connectivity index (χ0) is 23.6.